The first-order valence-corrected chi connectivity index (χ1v) is 5.04. The highest BCUT2D eigenvalue weighted by Crippen LogP contribution is 2.13. The third-order valence-corrected chi connectivity index (χ3v) is 2.32. The fourth-order valence-electron chi connectivity index (χ4n) is 1.42. The molecular weight excluding hydrogens is 190 g/mol. The molecule has 0 atom stereocenters. The fourth-order valence-corrected chi connectivity index (χ4v) is 1.52. The lowest BCUT2D eigenvalue weighted by Crippen LogP contribution is -1.84. The quantitative estimate of drug-likeness (QED) is 0.736. The highest BCUT2D eigenvalue weighted by Gasteiger charge is 1.94. The number of thiol groups is 1. The van der Waals surface area contributed by atoms with E-state index in [4.69, 9.17) is 0 Å². The van der Waals surface area contributed by atoms with Gasteiger partial charge in [-0.05, 0) is 29.5 Å². The number of hydrogen-bond donors (Lipinski definition) is 1. The van der Waals surface area contributed by atoms with Crippen molar-refractivity contribution in [3.05, 3.63) is 53.6 Å². The molecule has 0 aliphatic carbocycles. The van der Waals surface area contributed by atoms with Gasteiger partial charge in [0.2, 0.25) is 0 Å². The van der Waals surface area contributed by atoms with Crippen molar-refractivity contribution in [1.82, 2.24) is 4.98 Å². The van der Waals surface area contributed by atoms with Crippen LogP contribution in [-0.4, -0.2) is 4.98 Å². The van der Waals surface area contributed by atoms with Crippen LogP contribution in [0.4, 0.5) is 0 Å². The first kappa shape index (κ1) is 9.28. The van der Waals surface area contributed by atoms with Crippen molar-refractivity contribution >= 4 is 23.5 Å². The standard InChI is InChI=1S/C12H11NS/c14-7-3-4-10-8-11-5-1-2-6-12(11)13-9-10/h1-3,5-9,14H,4H2/b7-3+. The second-order valence-electron chi connectivity index (χ2n) is 3.13. The molecule has 0 spiro atoms. The van der Waals surface area contributed by atoms with E-state index in [0.29, 0.717) is 0 Å². The summed E-state index contributed by atoms with van der Waals surface area (Å²) in [4.78, 5) is 4.38. The van der Waals surface area contributed by atoms with Gasteiger partial charge in [0.1, 0.15) is 0 Å². The van der Waals surface area contributed by atoms with Crippen LogP contribution in [0, 0.1) is 0 Å². The van der Waals surface area contributed by atoms with Gasteiger partial charge in [-0.25, -0.2) is 0 Å². The van der Waals surface area contributed by atoms with E-state index in [2.05, 4.69) is 29.7 Å². The highest BCUT2D eigenvalue weighted by atomic mass is 32.1. The zero-order valence-corrected chi connectivity index (χ0v) is 8.61. The van der Waals surface area contributed by atoms with E-state index in [9.17, 15) is 0 Å². The summed E-state index contributed by atoms with van der Waals surface area (Å²) in [7, 11) is 0. The van der Waals surface area contributed by atoms with Crippen LogP contribution in [0.5, 0.6) is 0 Å². The van der Waals surface area contributed by atoms with E-state index in [0.717, 1.165) is 11.9 Å². The summed E-state index contributed by atoms with van der Waals surface area (Å²) in [6, 6.07) is 10.3. The van der Waals surface area contributed by atoms with Crippen LogP contribution in [0.1, 0.15) is 5.56 Å². The van der Waals surface area contributed by atoms with Crippen molar-refractivity contribution in [2.24, 2.45) is 0 Å². The monoisotopic (exact) mass is 201 g/mol. The minimum Gasteiger partial charge on any atom is -0.256 e. The number of benzene rings is 1. The zero-order valence-electron chi connectivity index (χ0n) is 7.72. The summed E-state index contributed by atoms with van der Waals surface area (Å²) in [6.45, 7) is 0. The lowest BCUT2D eigenvalue weighted by atomic mass is 10.1. The second-order valence-corrected chi connectivity index (χ2v) is 3.42. The van der Waals surface area contributed by atoms with Crippen LogP contribution in [0.25, 0.3) is 10.9 Å². The molecule has 0 amide bonds. The summed E-state index contributed by atoms with van der Waals surface area (Å²) in [5, 5.41) is 2.95. The smallest absolute Gasteiger partial charge is 0.0702 e. The maximum Gasteiger partial charge on any atom is 0.0702 e. The van der Waals surface area contributed by atoms with Crippen molar-refractivity contribution in [2.75, 3.05) is 0 Å². The molecule has 2 aromatic rings. The van der Waals surface area contributed by atoms with Crippen LogP contribution < -0.4 is 0 Å². The molecule has 1 heterocycles. The van der Waals surface area contributed by atoms with E-state index >= 15 is 0 Å². The Balaban J connectivity index is 2.41. The molecule has 0 aliphatic heterocycles. The summed E-state index contributed by atoms with van der Waals surface area (Å²) >= 11 is 4.02. The molecule has 1 nitrogen and oxygen atoms in total. The van der Waals surface area contributed by atoms with Gasteiger partial charge in [-0.1, -0.05) is 24.3 Å². The normalized spacial score (nSPS) is 11.2. The van der Waals surface area contributed by atoms with Crippen LogP contribution in [-0.2, 0) is 6.42 Å². The van der Waals surface area contributed by atoms with Gasteiger partial charge in [-0.3, -0.25) is 4.98 Å². The van der Waals surface area contributed by atoms with E-state index in [1.54, 1.807) is 5.41 Å². The number of para-hydroxylation sites is 1. The van der Waals surface area contributed by atoms with Crippen LogP contribution >= 0.6 is 12.6 Å². The predicted octanol–water partition coefficient (Wildman–Crippen LogP) is 3.22. The lowest BCUT2D eigenvalue weighted by molar-refractivity contribution is 1.23. The predicted molar refractivity (Wildman–Crippen MR) is 63.6 cm³/mol. The number of rotatable bonds is 2. The Morgan fingerprint density at radius 1 is 1.29 bits per heavy atom. The van der Waals surface area contributed by atoms with Crippen molar-refractivity contribution in [3.8, 4) is 0 Å². The van der Waals surface area contributed by atoms with Crippen LogP contribution in [0.3, 0.4) is 0 Å². The summed E-state index contributed by atoms with van der Waals surface area (Å²) in [6.07, 6.45) is 4.81. The summed E-state index contributed by atoms with van der Waals surface area (Å²) < 4.78 is 0. The maximum atomic E-state index is 4.38. The molecule has 0 radical (unpaired) electrons. The average molecular weight is 201 g/mol. The molecule has 2 heteroatoms. The SMILES string of the molecule is S/C=C/Cc1cnc2ccccc2c1. The van der Waals surface area contributed by atoms with E-state index in [1.807, 2.05) is 30.5 Å². The topological polar surface area (TPSA) is 12.9 Å². The minimum atomic E-state index is 0.890. The van der Waals surface area contributed by atoms with Crippen molar-refractivity contribution in [2.45, 2.75) is 6.42 Å². The van der Waals surface area contributed by atoms with Gasteiger partial charge < -0.3 is 0 Å². The summed E-state index contributed by atoms with van der Waals surface area (Å²) in [5.74, 6) is 0. The van der Waals surface area contributed by atoms with Gasteiger partial charge in [0, 0.05) is 11.6 Å². The van der Waals surface area contributed by atoms with Crippen molar-refractivity contribution in [1.29, 1.82) is 0 Å². The Bertz CT molecular complexity index is 463. The Labute approximate surface area is 88.9 Å². The zero-order chi connectivity index (χ0) is 9.80. The molecule has 0 bridgehead atoms. The molecule has 1 aromatic carbocycles. The Morgan fingerprint density at radius 2 is 2.14 bits per heavy atom. The van der Waals surface area contributed by atoms with Gasteiger partial charge in [0.15, 0.2) is 0 Å². The first-order valence-electron chi connectivity index (χ1n) is 4.53. The molecule has 0 aliphatic rings. The molecule has 0 N–H and O–H groups in total. The molecule has 70 valence electrons. The number of aromatic nitrogens is 1. The molecule has 0 saturated carbocycles. The van der Waals surface area contributed by atoms with E-state index in [1.165, 1.54) is 10.9 Å². The lowest BCUT2D eigenvalue weighted by Gasteiger charge is -1.99. The minimum absolute atomic E-state index is 0.890. The van der Waals surface area contributed by atoms with Crippen LogP contribution in [0.15, 0.2) is 48.0 Å². The number of nitrogens with zero attached hydrogens (tertiary/aromatic N) is 1. The van der Waals surface area contributed by atoms with Gasteiger partial charge in [-0.2, -0.15) is 12.6 Å². The van der Waals surface area contributed by atoms with Gasteiger partial charge in [0.05, 0.1) is 5.52 Å². The van der Waals surface area contributed by atoms with E-state index in [-0.39, 0.29) is 0 Å². The van der Waals surface area contributed by atoms with Gasteiger partial charge in [-0.15, -0.1) is 0 Å². The molecular formula is C12H11NS. The number of hydrogen-bond acceptors (Lipinski definition) is 2. The largest absolute Gasteiger partial charge is 0.256 e. The molecule has 2 rings (SSSR count). The fraction of sp³-hybridized carbons (Fsp3) is 0.0833. The van der Waals surface area contributed by atoms with Crippen molar-refractivity contribution in [3.63, 3.8) is 0 Å². The third kappa shape index (κ3) is 1.96. The molecule has 0 unspecified atom stereocenters. The Hall–Kier alpha value is -1.28. The Morgan fingerprint density at radius 3 is 3.00 bits per heavy atom. The highest BCUT2D eigenvalue weighted by molar-refractivity contribution is 7.83. The van der Waals surface area contributed by atoms with Gasteiger partial charge in [0.25, 0.3) is 0 Å². The van der Waals surface area contributed by atoms with Crippen LogP contribution in [0.2, 0.25) is 0 Å². The first-order chi connectivity index (χ1) is 6.90. The van der Waals surface area contributed by atoms with Crippen molar-refractivity contribution < 1.29 is 0 Å². The van der Waals surface area contributed by atoms with Gasteiger partial charge >= 0.3 is 0 Å². The Kier molecular flexibility index (Phi) is 2.84. The number of allylic oxidation sites excluding steroid dienone is 1. The molecule has 14 heavy (non-hydrogen) atoms. The third-order valence-electron chi connectivity index (χ3n) is 2.11. The maximum absolute atomic E-state index is 4.38. The second kappa shape index (κ2) is 4.29. The summed E-state index contributed by atoms with van der Waals surface area (Å²) in [5.41, 5.74) is 2.26. The number of pyridine rings is 1. The molecule has 0 saturated heterocycles. The average Bonchev–Trinajstić information content (AvgIpc) is 2.26. The molecule has 1 aromatic heterocycles. The number of fused-ring (bicyclic) bond motifs is 1. The van der Waals surface area contributed by atoms with E-state index < -0.39 is 0 Å². The molecule has 0 fully saturated rings.